The first kappa shape index (κ1) is 16.0. The van der Waals surface area contributed by atoms with Crippen LogP contribution in [0.2, 0.25) is 0 Å². The van der Waals surface area contributed by atoms with Gasteiger partial charge in [0.15, 0.2) is 0 Å². The predicted octanol–water partition coefficient (Wildman–Crippen LogP) is 1.80. The lowest BCUT2D eigenvalue weighted by atomic mass is 10.1. The van der Waals surface area contributed by atoms with E-state index in [1.807, 2.05) is 19.9 Å². The zero-order valence-electron chi connectivity index (χ0n) is 13.5. The van der Waals surface area contributed by atoms with Crippen molar-refractivity contribution in [2.75, 3.05) is 19.6 Å². The Morgan fingerprint density at radius 1 is 1.43 bits per heavy atom. The molecule has 23 heavy (non-hydrogen) atoms. The molecule has 3 rings (SSSR count). The van der Waals surface area contributed by atoms with E-state index in [1.165, 1.54) is 0 Å². The van der Waals surface area contributed by atoms with Crippen molar-refractivity contribution in [2.24, 2.45) is 5.92 Å². The molecule has 0 spiro atoms. The van der Waals surface area contributed by atoms with Crippen LogP contribution in [-0.2, 0) is 6.54 Å². The summed E-state index contributed by atoms with van der Waals surface area (Å²) in [6.45, 7) is 7.46. The number of amides is 1. The molecule has 1 fully saturated rings. The molecule has 1 amide bonds. The number of pyridine rings is 1. The highest BCUT2D eigenvalue weighted by Gasteiger charge is 2.24. The first-order chi connectivity index (χ1) is 11.1. The molecule has 2 aromatic heterocycles. The molecule has 1 aliphatic rings. The van der Waals surface area contributed by atoms with Gasteiger partial charge in [-0.2, -0.15) is 0 Å². The van der Waals surface area contributed by atoms with Gasteiger partial charge in [0.25, 0.3) is 5.91 Å². The molecule has 0 bridgehead atoms. The van der Waals surface area contributed by atoms with Crippen LogP contribution in [0.3, 0.4) is 0 Å². The molecule has 3 heterocycles. The Balaban J connectivity index is 1.47. The maximum atomic E-state index is 12.1. The number of carbonyl (C=O) groups excluding carboxylic acids is 1. The van der Waals surface area contributed by atoms with E-state index in [4.69, 9.17) is 0 Å². The fourth-order valence-electron chi connectivity index (χ4n) is 2.90. The van der Waals surface area contributed by atoms with Crippen molar-refractivity contribution < 1.29 is 4.79 Å². The molecule has 1 saturated heterocycles. The maximum Gasteiger partial charge on any atom is 0.264 e. The summed E-state index contributed by atoms with van der Waals surface area (Å²) < 4.78 is 3.80. The van der Waals surface area contributed by atoms with Gasteiger partial charge in [-0.05, 0) is 56.4 Å². The van der Waals surface area contributed by atoms with Crippen LogP contribution in [0.5, 0.6) is 0 Å². The summed E-state index contributed by atoms with van der Waals surface area (Å²) in [4.78, 5) is 19.7. The van der Waals surface area contributed by atoms with E-state index in [9.17, 15) is 4.79 Å². The molecule has 0 saturated carbocycles. The van der Waals surface area contributed by atoms with Gasteiger partial charge in [0.05, 0.1) is 11.4 Å². The van der Waals surface area contributed by atoms with Crippen LogP contribution in [0.1, 0.15) is 33.2 Å². The summed E-state index contributed by atoms with van der Waals surface area (Å²) in [6, 6.07) is 6.14. The van der Waals surface area contributed by atoms with E-state index in [1.54, 1.807) is 0 Å². The Labute approximate surface area is 140 Å². The van der Waals surface area contributed by atoms with Crippen molar-refractivity contribution in [3.63, 3.8) is 0 Å². The van der Waals surface area contributed by atoms with Crippen LogP contribution in [0.25, 0.3) is 0 Å². The Hall–Kier alpha value is -1.86. The van der Waals surface area contributed by atoms with Crippen LogP contribution in [0.4, 0.5) is 0 Å². The molecule has 6 nitrogen and oxygen atoms in total. The Kier molecular flexibility index (Phi) is 4.97. The number of rotatable bonds is 5. The summed E-state index contributed by atoms with van der Waals surface area (Å²) in [6.07, 6.45) is 1.10. The first-order valence-electron chi connectivity index (χ1n) is 7.84. The van der Waals surface area contributed by atoms with E-state index < -0.39 is 0 Å². The van der Waals surface area contributed by atoms with Crippen molar-refractivity contribution in [2.45, 2.75) is 26.8 Å². The largest absolute Gasteiger partial charge is 0.351 e. The highest BCUT2D eigenvalue weighted by Crippen LogP contribution is 2.18. The maximum absolute atomic E-state index is 12.1. The van der Waals surface area contributed by atoms with Crippen molar-refractivity contribution in [1.82, 2.24) is 24.8 Å². The number of carbonyl (C=O) groups is 1. The van der Waals surface area contributed by atoms with E-state index in [0.29, 0.717) is 23.0 Å². The van der Waals surface area contributed by atoms with Gasteiger partial charge in [0.2, 0.25) is 0 Å². The number of nitrogens with one attached hydrogen (secondary N) is 1. The Bertz CT molecular complexity index is 687. The third-order valence-corrected chi connectivity index (χ3v) is 4.94. The van der Waals surface area contributed by atoms with Crippen molar-refractivity contribution in [3.8, 4) is 0 Å². The monoisotopic (exact) mass is 331 g/mol. The van der Waals surface area contributed by atoms with E-state index in [0.717, 1.165) is 49.0 Å². The number of aromatic nitrogens is 3. The normalized spacial score (nSPS) is 18.3. The standard InChI is InChI=1S/C16H21N5OS/c1-11-4-3-5-14(18-11)10-21-7-6-13(9-21)8-17-16(22)15-12(2)19-20-23-15/h3-5,13H,6-10H2,1-2H3,(H,17,22)/t13-/m0/s1. The number of aryl methyl sites for hydroxylation is 2. The summed E-state index contributed by atoms with van der Waals surface area (Å²) in [7, 11) is 0. The van der Waals surface area contributed by atoms with Crippen molar-refractivity contribution >= 4 is 17.4 Å². The molecule has 1 aliphatic heterocycles. The summed E-state index contributed by atoms with van der Waals surface area (Å²) in [5.74, 6) is 0.432. The minimum atomic E-state index is -0.0590. The second-order valence-electron chi connectivity index (χ2n) is 6.06. The molecule has 0 unspecified atom stereocenters. The number of hydrogen-bond donors (Lipinski definition) is 1. The van der Waals surface area contributed by atoms with Gasteiger partial charge in [-0.1, -0.05) is 10.6 Å². The Morgan fingerprint density at radius 3 is 3.04 bits per heavy atom. The van der Waals surface area contributed by atoms with Crippen LogP contribution >= 0.6 is 11.5 Å². The van der Waals surface area contributed by atoms with E-state index in [2.05, 4.69) is 36.9 Å². The minimum absolute atomic E-state index is 0.0590. The summed E-state index contributed by atoms with van der Waals surface area (Å²) in [5.41, 5.74) is 2.87. The first-order valence-corrected chi connectivity index (χ1v) is 8.61. The van der Waals surface area contributed by atoms with Gasteiger partial charge in [-0.25, -0.2) is 0 Å². The van der Waals surface area contributed by atoms with Crippen molar-refractivity contribution in [1.29, 1.82) is 0 Å². The van der Waals surface area contributed by atoms with Crippen LogP contribution in [0, 0.1) is 19.8 Å². The Morgan fingerprint density at radius 2 is 2.30 bits per heavy atom. The number of nitrogens with zero attached hydrogens (tertiary/aromatic N) is 4. The van der Waals surface area contributed by atoms with E-state index >= 15 is 0 Å². The average Bonchev–Trinajstić information content (AvgIpc) is 3.14. The SMILES string of the molecule is Cc1cccc(CN2CC[C@@H](CNC(=O)c3snnc3C)C2)n1. The molecular formula is C16H21N5OS. The molecule has 0 aliphatic carbocycles. The number of hydrogen-bond acceptors (Lipinski definition) is 6. The van der Waals surface area contributed by atoms with Gasteiger partial charge < -0.3 is 5.32 Å². The van der Waals surface area contributed by atoms with Gasteiger partial charge in [-0.15, -0.1) is 5.10 Å². The third kappa shape index (κ3) is 4.11. The fourth-order valence-corrected chi connectivity index (χ4v) is 3.47. The molecule has 122 valence electrons. The zero-order valence-corrected chi connectivity index (χ0v) is 14.3. The summed E-state index contributed by atoms with van der Waals surface area (Å²) >= 11 is 1.15. The lowest BCUT2D eigenvalue weighted by Gasteiger charge is -2.16. The van der Waals surface area contributed by atoms with Gasteiger partial charge in [-0.3, -0.25) is 14.7 Å². The molecule has 1 atom stereocenters. The van der Waals surface area contributed by atoms with Crippen LogP contribution in [0.15, 0.2) is 18.2 Å². The highest BCUT2D eigenvalue weighted by atomic mass is 32.1. The molecule has 1 N–H and O–H groups in total. The lowest BCUT2D eigenvalue weighted by molar-refractivity contribution is 0.0950. The summed E-state index contributed by atoms with van der Waals surface area (Å²) in [5, 5.41) is 6.89. The highest BCUT2D eigenvalue weighted by molar-refractivity contribution is 7.07. The topological polar surface area (TPSA) is 71.0 Å². The van der Waals surface area contributed by atoms with Crippen LogP contribution < -0.4 is 5.32 Å². The molecular weight excluding hydrogens is 310 g/mol. The predicted molar refractivity (Wildman–Crippen MR) is 89.3 cm³/mol. The quantitative estimate of drug-likeness (QED) is 0.904. The molecule has 0 aromatic carbocycles. The minimum Gasteiger partial charge on any atom is -0.351 e. The fraction of sp³-hybridized carbons (Fsp3) is 0.500. The average molecular weight is 331 g/mol. The van der Waals surface area contributed by atoms with Gasteiger partial charge in [0.1, 0.15) is 4.88 Å². The van der Waals surface area contributed by atoms with Gasteiger partial charge in [0, 0.05) is 25.3 Å². The zero-order chi connectivity index (χ0) is 16.2. The van der Waals surface area contributed by atoms with Crippen LogP contribution in [-0.4, -0.2) is 45.0 Å². The second-order valence-corrected chi connectivity index (χ2v) is 6.81. The smallest absolute Gasteiger partial charge is 0.264 e. The van der Waals surface area contributed by atoms with Crippen molar-refractivity contribution in [3.05, 3.63) is 40.2 Å². The molecule has 2 aromatic rings. The molecule has 0 radical (unpaired) electrons. The van der Waals surface area contributed by atoms with E-state index in [-0.39, 0.29) is 5.91 Å². The number of likely N-dealkylation sites (tertiary alicyclic amines) is 1. The van der Waals surface area contributed by atoms with Gasteiger partial charge >= 0.3 is 0 Å². The third-order valence-electron chi connectivity index (χ3n) is 4.11. The second kappa shape index (κ2) is 7.14. The molecule has 7 heteroatoms. The lowest BCUT2D eigenvalue weighted by Crippen LogP contribution is -2.31.